The Balaban J connectivity index is 0.00000180. The molecule has 1 saturated heterocycles. The van der Waals surface area contributed by atoms with E-state index in [1.165, 1.54) is 6.20 Å². The van der Waals surface area contributed by atoms with Crippen molar-refractivity contribution in [3.8, 4) is 0 Å². The van der Waals surface area contributed by atoms with Crippen LogP contribution in [0.2, 0.25) is 0 Å². The zero-order valence-electron chi connectivity index (χ0n) is 9.91. The second-order valence-corrected chi connectivity index (χ2v) is 5.36. The Kier molecular flexibility index (Phi) is 6.00. The summed E-state index contributed by atoms with van der Waals surface area (Å²) in [4.78, 5) is 3.89. The molecule has 0 spiro atoms. The van der Waals surface area contributed by atoms with Gasteiger partial charge in [-0.1, -0.05) is 0 Å². The van der Waals surface area contributed by atoms with Crippen molar-refractivity contribution in [2.45, 2.75) is 18.8 Å². The molecular weight excluding hydrogens is 303 g/mol. The molecule has 2 heterocycles. The third-order valence-electron chi connectivity index (χ3n) is 2.81. The molecule has 2 rings (SSSR count). The van der Waals surface area contributed by atoms with Gasteiger partial charge in [0.25, 0.3) is 0 Å². The minimum absolute atomic E-state index is 0. The standard InChI is InChI=1S/C10H14F3N3OS.ClH/c11-10(12,13)9-16-4-7(18-9)3-14-1-6-2-15-5-8(6)17;/h4,6,8,14-15,17H,1-3,5H2;1H. The van der Waals surface area contributed by atoms with Crippen molar-refractivity contribution in [1.29, 1.82) is 0 Å². The van der Waals surface area contributed by atoms with E-state index >= 15 is 0 Å². The summed E-state index contributed by atoms with van der Waals surface area (Å²) < 4.78 is 36.9. The maximum absolute atomic E-state index is 12.3. The van der Waals surface area contributed by atoms with Gasteiger partial charge in [-0.25, -0.2) is 4.98 Å². The molecule has 1 aliphatic rings. The minimum Gasteiger partial charge on any atom is -0.391 e. The minimum atomic E-state index is -4.37. The zero-order valence-corrected chi connectivity index (χ0v) is 11.5. The predicted octanol–water partition coefficient (Wildman–Crippen LogP) is 1.25. The van der Waals surface area contributed by atoms with E-state index in [-0.39, 0.29) is 24.4 Å². The van der Waals surface area contributed by atoms with Gasteiger partial charge in [0, 0.05) is 43.2 Å². The van der Waals surface area contributed by atoms with E-state index in [1.807, 2.05) is 0 Å². The maximum Gasteiger partial charge on any atom is 0.443 e. The molecule has 4 nitrogen and oxygen atoms in total. The molecule has 0 aromatic carbocycles. The number of nitrogens with one attached hydrogen (secondary N) is 2. The first-order valence-electron chi connectivity index (χ1n) is 5.58. The largest absolute Gasteiger partial charge is 0.443 e. The molecule has 2 unspecified atom stereocenters. The number of aliphatic hydroxyl groups is 1. The highest BCUT2D eigenvalue weighted by Gasteiger charge is 2.34. The Morgan fingerprint density at radius 2 is 2.21 bits per heavy atom. The fourth-order valence-corrected chi connectivity index (χ4v) is 2.58. The van der Waals surface area contributed by atoms with Crippen molar-refractivity contribution < 1.29 is 18.3 Å². The van der Waals surface area contributed by atoms with Crippen molar-refractivity contribution in [3.63, 3.8) is 0 Å². The fourth-order valence-electron chi connectivity index (χ4n) is 1.83. The van der Waals surface area contributed by atoms with Gasteiger partial charge in [-0.3, -0.25) is 0 Å². The molecule has 1 fully saturated rings. The lowest BCUT2D eigenvalue weighted by Crippen LogP contribution is -2.29. The van der Waals surface area contributed by atoms with Gasteiger partial charge in [0.05, 0.1) is 6.10 Å². The molecule has 3 N–H and O–H groups in total. The number of β-amino-alcohol motifs (C(OH)–C–C–N with tert-alkyl or cyclic N) is 1. The lowest BCUT2D eigenvalue weighted by Gasteiger charge is -2.13. The lowest BCUT2D eigenvalue weighted by molar-refractivity contribution is -0.137. The van der Waals surface area contributed by atoms with Crippen LogP contribution < -0.4 is 10.6 Å². The van der Waals surface area contributed by atoms with Gasteiger partial charge < -0.3 is 15.7 Å². The van der Waals surface area contributed by atoms with Gasteiger partial charge >= 0.3 is 6.18 Å². The second-order valence-electron chi connectivity index (χ2n) is 4.25. The summed E-state index contributed by atoms with van der Waals surface area (Å²) in [5.74, 6) is 0.111. The second kappa shape index (κ2) is 6.85. The van der Waals surface area contributed by atoms with Crippen LogP contribution in [0.4, 0.5) is 13.2 Å². The van der Waals surface area contributed by atoms with E-state index in [1.54, 1.807) is 0 Å². The molecule has 0 saturated carbocycles. The molecule has 0 amide bonds. The van der Waals surface area contributed by atoms with E-state index in [4.69, 9.17) is 0 Å². The van der Waals surface area contributed by atoms with Gasteiger partial charge in [-0.05, 0) is 0 Å². The van der Waals surface area contributed by atoms with Crippen molar-refractivity contribution in [2.75, 3.05) is 19.6 Å². The molecule has 110 valence electrons. The number of halogens is 4. The molecule has 9 heteroatoms. The van der Waals surface area contributed by atoms with E-state index in [2.05, 4.69) is 15.6 Å². The van der Waals surface area contributed by atoms with Crippen LogP contribution in [0, 0.1) is 5.92 Å². The van der Waals surface area contributed by atoms with Gasteiger partial charge in [0.2, 0.25) is 0 Å². The van der Waals surface area contributed by atoms with Gasteiger partial charge in [-0.15, -0.1) is 23.7 Å². The smallest absolute Gasteiger partial charge is 0.391 e. The van der Waals surface area contributed by atoms with Crippen molar-refractivity contribution in [2.24, 2.45) is 5.92 Å². The first kappa shape index (κ1) is 16.6. The quantitative estimate of drug-likeness (QED) is 0.782. The number of thiazole rings is 1. The highest BCUT2D eigenvalue weighted by atomic mass is 35.5. The number of aliphatic hydroxyl groups excluding tert-OH is 1. The Bertz CT molecular complexity index is 402. The van der Waals surface area contributed by atoms with Crippen LogP contribution in [0.3, 0.4) is 0 Å². The number of rotatable bonds is 4. The number of hydrogen-bond acceptors (Lipinski definition) is 5. The lowest BCUT2D eigenvalue weighted by atomic mass is 10.1. The molecule has 0 radical (unpaired) electrons. The van der Waals surface area contributed by atoms with Gasteiger partial charge in [0.1, 0.15) is 0 Å². The van der Waals surface area contributed by atoms with Gasteiger partial charge in [-0.2, -0.15) is 13.2 Å². The van der Waals surface area contributed by atoms with Crippen LogP contribution in [-0.4, -0.2) is 35.8 Å². The number of nitrogens with zero attached hydrogens (tertiary/aromatic N) is 1. The van der Waals surface area contributed by atoms with E-state index < -0.39 is 11.2 Å². The zero-order chi connectivity index (χ0) is 13.2. The number of alkyl halides is 3. The summed E-state index contributed by atoms with van der Waals surface area (Å²) in [6.45, 7) is 2.22. The van der Waals surface area contributed by atoms with Crippen molar-refractivity contribution in [3.05, 3.63) is 16.1 Å². The average Bonchev–Trinajstić information content (AvgIpc) is 2.88. The van der Waals surface area contributed by atoms with Crippen molar-refractivity contribution >= 4 is 23.7 Å². The Morgan fingerprint density at radius 3 is 2.74 bits per heavy atom. The van der Waals surface area contributed by atoms with Crippen LogP contribution in [-0.2, 0) is 12.7 Å². The molecule has 1 aliphatic heterocycles. The fraction of sp³-hybridized carbons (Fsp3) is 0.700. The Labute approximate surface area is 118 Å². The summed E-state index contributed by atoms with van der Waals surface area (Å²) in [5.41, 5.74) is 0. The van der Waals surface area contributed by atoms with Crippen molar-refractivity contribution in [1.82, 2.24) is 15.6 Å². The molecule has 1 aromatic rings. The predicted molar refractivity (Wildman–Crippen MR) is 68.4 cm³/mol. The van der Waals surface area contributed by atoms with Gasteiger partial charge in [0.15, 0.2) is 5.01 Å². The third kappa shape index (κ3) is 4.57. The van der Waals surface area contributed by atoms with Crippen LogP contribution in [0.25, 0.3) is 0 Å². The van der Waals surface area contributed by atoms with E-state index in [9.17, 15) is 18.3 Å². The first-order chi connectivity index (χ1) is 8.47. The number of aromatic nitrogens is 1. The first-order valence-corrected chi connectivity index (χ1v) is 6.40. The molecule has 19 heavy (non-hydrogen) atoms. The maximum atomic E-state index is 12.3. The molecular formula is C10H15ClF3N3OS. The summed E-state index contributed by atoms with van der Waals surface area (Å²) in [6.07, 6.45) is -3.51. The van der Waals surface area contributed by atoms with Crippen LogP contribution in [0.1, 0.15) is 9.88 Å². The third-order valence-corrected chi connectivity index (χ3v) is 3.85. The van der Waals surface area contributed by atoms with E-state index in [0.717, 1.165) is 6.54 Å². The SMILES string of the molecule is Cl.OC1CNCC1CNCc1cnc(C(F)(F)F)s1. The molecule has 0 aliphatic carbocycles. The molecule has 1 aromatic heterocycles. The highest BCUT2D eigenvalue weighted by Crippen LogP contribution is 2.32. The highest BCUT2D eigenvalue weighted by molar-refractivity contribution is 7.11. The number of hydrogen-bond donors (Lipinski definition) is 3. The van der Waals surface area contributed by atoms with Crippen LogP contribution in [0.5, 0.6) is 0 Å². The Morgan fingerprint density at radius 1 is 1.47 bits per heavy atom. The summed E-state index contributed by atoms with van der Waals surface area (Å²) in [5, 5.41) is 14.8. The summed E-state index contributed by atoms with van der Waals surface area (Å²) in [7, 11) is 0. The van der Waals surface area contributed by atoms with Crippen LogP contribution in [0.15, 0.2) is 6.20 Å². The normalized spacial score (nSPS) is 23.4. The summed E-state index contributed by atoms with van der Waals surface area (Å²) >= 11 is 0.646. The molecule has 0 bridgehead atoms. The monoisotopic (exact) mass is 317 g/mol. The van der Waals surface area contributed by atoms with E-state index in [0.29, 0.717) is 35.8 Å². The topological polar surface area (TPSA) is 57.2 Å². The average molecular weight is 318 g/mol. The Hall–Kier alpha value is -0.410. The molecule has 2 atom stereocenters. The van der Waals surface area contributed by atoms with Crippen LogP contribution >= 0.6 is 23.7 Å². The summed E-state index contributed by atoms with van der Waals surface area (Å²) in [6, 6.07) is 0.